The quantitative estimate of drug-likeness (QED) is 0.494. The number of ether oxygens (including phenoxy) is 3. The highest BCUT2D eigenvalue weighted by atomic mass is 16.6. The van der Waals surface area contributed by atoms with Crippen LogP contribution in [0, 0.1) is 0 Å². The Hall–Kier alpha value is -1.59. The lowest BCUT2D eigenvalue weighted by Crippen LogP contribution is -2.28. The van der Waals surface area contributed by atoms with Crippen molar-refractivity contribution in [3.8, 4) is 5.75 Å². The summed E-state index contributed by atoms with van der Waals surface area (Å²) in [5, 5.41) is 2.93. The monoisotopic (exact) mass is 377 g/mol. The molecule has 1 aliphatic rings. The minimum atomic E-state index is 0.0917. The number of anilines is 1. The molecule has 1 heterocycles. The molecule has 1 fully saturated rings. The second kappa shape index (κ2) is 13.6. The molecule has 2 rings (SSSR count). The van der Waals surface area contributed by atoms with Crippen LogP contribution in [0.2, 0.25) is 0 Å². The van der Waals surface area contributed by atoms with Crippen LogP contribution < -0.4 is 10.1 Å². The Morgan fingerprint density at radius 3 is 2.30 bits per heavy atom. The Kier molecular flexibility index (Phi) is 10.9. The van der Waals surface area contributed by atoms with Gasteiger partial charge in [-0.05, 0) is 37.1 Å². The SMILES string of the molecule is COc1ccc(NC(=O)CCCCCCCCCC[C@@H]2COCCO2)cc1. The van der Waals surface area contributed by atoms with Gasteiger partial charge in [-0.25, -0.2) is 0 Å². The molecule has 5 nitrogen and oxygen atoms in total. The number of carbonyl (C=O) groups excluding carboxylic acids is 1. The van der Waals surface area contributed by atoms with Gasteiger partial charge in [0.15, 0.2) is 0 Å². The van der Waals surface area contributed by atoms with Crippen molar-refractivity contribution < 1.29 is 19.0 Å². The van der Waals surface area contributed by atoms with Gasteiger partial charge in [-0.2, -0.15) is 0 Å². The van der Waals surface area contributed by atoms with Crippen LogP contribution in [0.25, 0.3) is 0 Å². The van der Waals surface area contributed by atoms with Crippen molar-refractivity contribution in [2.24, 2.45) is 0 Å². The minimum absolute atomic E-state index is 0.0917. The van der Waals surface area contributed by atoms with Gasteiger partial charge < -0.3 is 19.5 Å². The minimum Gasteiger partial charge on any atom is -0.497 e. The first-order valence-electron chi connectivity index (χ1n) is 10.4. The lowest BCUT2D eigenvalue weighted by Gasteiger charge is -2.22. The van der Waals surface area contributed by atoms with E-state index in [1.54, 1.807) is 7.11 Å². The van der Waals surface area contributed by atoms with Crippen molar-refractivity contribution in [1.82, 2.24) is 0 Å². The molecule has 0 radical (unpaired) electrons. The summed E-state index contributed by atoms with van der Waals surface area (Å²) in [7, 11) is 1.63. The molecule has 152 valence electrons. The predicted octanol–water partition coefficient (Wildman–Crippen LogP) is 4.95. The van der Waals surface area contributed by atoms with E-state index >= 15 is 0 Å². The first kappa shape index (κ1) is 21.7. The van der Waals surface area contributed by atoms with E-state index in [0.717, 1.165) is 50.5 Å². The first-order valence-corrected chi connectivity index (χ1v) is 10.4. The van der Waals surface area contributed by atoms with Gasteiger partial charge in [0.05, 0.1) is 33.0 Å². The van der Waals surface area contributed by atoms with Crippen LogP contribution in [0.4, 0.5) is 5.69 Å². The predicted molar refractivity (Wildman–Crippen MR) is 108 cm³/mol. The van der Waals surface area contributed by atoms with E-state index in [4.69, 9.17) is 14.2 Å². The second-order valence-electron chi connectivity index (χ2n) is 7.21. The summed E-state index contributed by atoms with van der Waals surface area (Å²) in [6.07, 6.45) is 11.7. The van der Waals surface area contributed by atoms with Crippen molar-refractivity contribution in [2.75, 3.05) is 32.2 Å². The average molecular weight is 378 g/mol. The number of unbranched alkanes of at least 4 members (excludes halogenated alkanes) is 7. The van der Waals surface area contributed by atoms with E-state index in [1.165, 1.54) is 38.5 Å². The molecule has 1 aromatic carbocycles. The summed E-state index contributed by atoms with van der Waals surface area (Å²) in [6, 6.07) is 7.44. The number of nitrogens with one attached hydrogen (secondary N) is 1. The molecule has 1 amide bonds. The lowest BCUT2D eigenvalue weighted by atomic mass is 10.0. The van der Waals surface area contributed by atoms with Crippen molar-refractivity contribution >= 4 is 11.6 Å². The van der Waals surface area contributed by atoms with E-state index in [0.29, 0.717) is 12.5 Å². The number of hydrogen-bond acceptors (Lipinski definition) is 4. The highest BCUT2D eigenvalue weighted by molar-refractivity contribution is 5.90. The Labute approximate surface area is 163 Å². The van der Waals surface area contributed by atoms with Gasteiger partial charge in [0, 0.05) is 12.1 Å². The van der Waals surface area contributed by atoms with Crippen molar-refractivity contribution in [3.05, 3.63) is 24.3 Å². The fourth-order valence-electron chi connectivity index (χ4n) is 3.32. The van der Waals surface area contributed by atoms with Crippen LogP contribution >= 0.6 is 0 Å². The maximum absolute atomic E-state index is 11.9. The number of benzene rings is 1. The lowest BCUT2D eigenvalue weighted by molar-refractivity contribution is -0.116. The fraction of sp³-hybridized carbons (Fsp3) is 0.682. The Bertz CT molecular complexity index is 512. The number of hydrogen-bond donors (Lipinski definition) is 1. The van der Waals surface area contributed by atoms with E-state index < -0.39 is 0 Å². The highest BCUT2D eigenvalue weighted by Crippen LogP contribution is 2.16. The van der Waals surface area contributed by atoms with Crippen LogP contribution in [0.15, 0.2) is 24.3 Å². The molecule has 0 unspecified atom stereocenters. The third kappa shape index (κ3) is 9.78. The van der Waals surface area contributed by atoms with Crippen molar-refractivity contribution in [2.45, 2.75) is 70.3 Å². The molecule has 1 saturated heterocycles. The molecular weight excluding hydrogens is 342 g/mol. The Morgan fingerprint density at radius 1 is 1.00 bits per heavy atom. The summed E-state index contributed by atoms with van der Waals surface area (Å²) in [5.74, 6) is 0.887. The topological polar surface area (TPSA) is 56.8 Å². The van der Waals surface area contributed by atoms with E-state index in [9.17, 15) is 4.79 Å². The molecule has 0 saturated carbocycles. The van der Waals surface area contributed by atoms with Crippen molar-refractivity contribution in [3.63, 3.8) is 0 Å². The number of rotatable bonds is 13. The van der Waals surface area contributed by atoms with Gasteiger partial charge in [-0.1, -0.05) is 44.9 Å². The number of amides is 1. The van der Waals surface area contributed by atoms with Gasteiger partial charge in [0.25, 0.3) is 0 Å². The van der Waals surface area contributed by atoms with Gasteiger partial charge in [0.2, 0.25) is 5.91 Å². The molecule has 0 bridgehead atoms. The van der Waals surface area contributed by atoms with Crippen LogP contribution in [0.1, 0.15) is 64.2 Å². The molecule has 1 N–H and O–H groups in total. The van der Waals surface area contributed by atoms with Gasteiger partial charge in [-0.15, -0.1) is 0 Å². The molecule has 0 aliphatic carbocycles. The van der Waals surface area contributed by atoms with Gasteiger partial charge in [-0.3, -0.25) is 4.79 Å². The Morgan fingerprint density at radius 2 is 1.67 bits per heavy atom. The van der Waals surface area contributed by atoms with Gasteiger partial charge >= 0.3 is 0 Å². The molecule has 1 aromatic rings. The zero-order valence-electron chi connectivity index (χ0n) is 16.7. The smallest absolute Gasteiger partial charge is 0.224 e. The molecule has 0 aromatic heterocycles. The van der Waals surface area contributed by atoms with Crippen LogP contribution in [0.5, 0.6) is 5.75 Å². The number of carbonyl (C=O) groups is 1. The zero-order valence-corrected chi connectivity index (χ0v) is 16.7. The Balaban J connectivity index is 1.37. The third-order valence-corrected chi connectivity index (χ3v) is 4.94. The molecule has 5 heteroatoms. The average Bonchev–Trinajstić information content (AvgIpc) is 2.70. The first-order chi connectivity index (χ1) is 13.3. The molecular formula is C22H35NO4. The van der Waals surface area contributed by atoms with Crippen molar-refractivity contribution in [1.29, 1.82) is 0 Å². The molecule has 27 heavy (non-hydrogen) atoms. The zero-order chi connectivity index (χ0) is 19.2. The van der Waals surface area contributed by atoms with Crippen LogP contribution in [-0.2, 0) is 14.3 Å². The highest BCUT2D eigenvalue weighted by Gasteiger charge is 2.13. The summed E-state index contributed by atoms with van der Waals surface area (Å²) in [5.41, 5.74) is 0.825. The maximum Gasteiger partial charge on any atom is 0.224 e. The normalized spacial score (nSPS) is 16.9. The number of methoxy groups -OCH3 is 1. The standard InChI is InChI=1S/C22H35NO4/c1-25-20-14-12-19(13-15-20)23-22(24)11-9-7-5-3-2-4-6-8-10-21-18-26-16-17-27-21/h12-15,21H,2-11,16-18H2,1H3,(H,23,24)/t21-/m1/s1. The van der Waals surface area contributed by atoms with Gasteiger partial charge in [0.1, 0.15) is 5.75 Å². The largest absolute Gasteiger partial charge is 0.497 e. The maximum atomic E-state index is 11.9. The van der Waals surface area contributed by atoms with E-state index in [2.05, 4.69) is 5.32 Å². The molecule has 1 atom stereocenters. The summed E-state index contributed by atoms with van der Waals surface area (Å²) in [4.78, 5) is 11.9. The van der Waals surface area contributed by atoms with E-state index in [-0.39, 0.29) is 5.91 Å². The van der Waals surface area contributed by atoms with Crippen LogP contribution in [-0.4, -0.2) is 38.9 Å². The molecule has 0 spiro atoms. The summed E-state index contributed by atoms with van der Waals surface area (Å²) >= 11 is 0. The summed E-state index contributed by atoms with van der Waals surface area (Å²) in [6.45, 7) is 2.27. The third-order valence-electron chi connectivity index (χ3n) is 4.94. The fourth-order valence-corrected chi connectivity index (χ4v) is 3.32. The summed E-state index contributed by atoms with van der Waals surface area (Å²) < 4.78 is 16.2. The van der Waals surface area contributed by atoms with Crippen LogP contribution in [0.3, 0.4) is 0 Å². The van der Waals surface area contributed by atoms with E-state index in [1.807, 2.05) is 24.3 Å². The molecule has 1 aliphatic heterocycles. The second-order valence-corrected chi connectivity index (χ2v) is 7.21.